The summed E-state index contributed by atoms with van der Waals surface area (Å²) in [6, 6.07) is 0.492. The average molecular weight is 169 g/mol. The molecule has 3 atom stereocenters. The lowest BCUT2D eigenvalue weighted by atomic mass is 9.93. The van der Waals surface area contributed by atoms with Crippen LogP contribution in [-0.4, -0.2) is 6.04 Å². The summed E-state index contributed by atoms with van der Waals surface area (Å²) in [6.07, 6.45) is 8.04. The molecule has 0 bridgehead atoms. The fourth-order valence-electron chi connectivity index (χ4n) is 2.44. The van der Waals surface area contributed by atoms with Gasteiger partial charge in [0.1, 0.15) is 0 Å². The number of nitrogens with two attached hydrogens (primary N) is 1. The lowest BCUT2D eigenvalue weighted by Gasteiger charge is -2.18. The van der Waals surface area contributed by atoms with Gasteiger partial charge in [-0.1, -0.05) is 33.1 Å². The molecule has 0 aromatic rings. The zero-order valence-corrected chi connectivity index (χ0v) is 8.55. The van der Waals surface area contributed by atoms with Gasteiger partial charge in [-0.15, -0.1) is 0 Å². The van der Waals surface area contributed by atoms with Crippen LogP contribution in [0.4, 0.5) is 0 Å². The van der Waals surface area contributed by atoms with E-state index >= 15 is 0 Å². The van der Waals surface area contributed by atoms with Gasteiger partial charge in [0.05, 0.1) is 0 Å². The molecule has 0 amide bonds. The van der Waals surface area contributed by atoms with Crippen LogP contribution in [0.2, 0.25) is 0 Å². The number of rotatable bonds is 4. The van der Waals surface area contributed by atoms with Crippen molar-refractivity contribution in [1.82, 2.24) is 0 Å². The van der Waals surface area contributed by atoms with Crippen molar-refractivity contribution < 1.29 is 0 Å². The predicted molar refractivity (Wildman–Crippen MR) is 54.0 cm³/mol. The Morgan fingerprint density at radius 3 is 2.58 bits per heavy atom. The maximum atomic E-state index is 6.11. The molecule has 72 valence electrons. The summed E-state index contributed by atoms with van der Waals surface area (Å²) in [5, 5.41) is 0. The monoisotopic (exact) mass is 169 g/mol. The zero-order valence-electron chi connectivity index (χ0n) is 8.55. The zero-order chi connectivity index (χ0) is 8.97. The van der Waals surface area contributed by atoms with Crippen LogP contribution in [-0.2, 0) is 0 Å². The van der Waals surface area contributed by atoms with Crippen LogP contribution < -0.4 is 5.73 Å². The minimum absolute atomic E-state index is 0.492. The van der Waals surface area contributed by atoms with Crippen molar-refractivity contribution in [3.05, 3.63) is 0 Å². The molecule has 0 heterocycles. The van der Waals surface area contributed by atoms with E-state index in [0.29, 0.717) is 6.04 Å². The molecule has 0 spiro atoms. The van der Waals surface area contributed by atoms with Gasteiger partial charge >= 0.3 is 0 Å². The second-order valence-electron chi connectivity index (χ2n) is 4.30. The highest BCUT2D eigenvalue weighted by Crippen LogP contribution is 2.35. The van der Waals surface area contributed by atoms with E-state index < -0.39 is 0 Å². The van der Waals surface area contributed by atoms with E-state index in [4.69, 9.17) is 5.73 Å². The van der Waals surface area contributed by atoms with Gasteiger partial charge in [-0.2, -0.15) is 0 Å². The molecule has 2 unspecified atom stereocenters. The average Bonchev–Trinajstić information content (AvgIpc) is 2.52. The second kappa shape index (κ2) is 4.86. The summed E-state index contributed by atoms with van der Waals surface area (Å²) >= 11 is 0. The standard InChI is InChI=1S/C11H23N/c1-3-5-11(12)10-7-6-9(4-2)8-10/h9-11H,3-8,12H2,1-2H3/t9?,10?,11-/m0/s1. The summed E-state index contributed by atoms with van der Waals surface area (Å²) < 4.78 is 0. The molecule has 1 heteroatoms. The van der Waals surface area contributed by atoms with Crippen LogP contribution in [0, 0.1) is 11.8 Å². The molecular formula is C11H23N. The Labute approximate surface area is 76.7 Å². The first-order valence-corrected chi connectivity index (χ1v) is 5.53. The van der Waals surface area contributed by atoms with Gasteiger partial charge in [0, 0.05) is 6.04 Å². The molecule has 1 saturated carbocycles. The SMILES string of the molecule is CCC[C@H](N)C1CCC(CC)C1. The Balaban J connectivity index is 2.25. The highest BCUT2D eigenvalue weighted by atomic mass is 14.7. The van der Waals surface area contributed by atoms with E-state index in [0.717, 1.165) is 11.8 Å². The molecular weight excluding hydrogens is 146 g/mol. The van der Waals surface area contributed by atoms with Crippen molar-refractivity contribution in [2.24, 2.45) is 17.6 Å². The first kappa shape index (κ1) is 10.0. The highest BCUT2D eigenvalue weighted by Gasteiger charge is 2.27. The van der Waals surface area contributed by atoms with E-state index in [2.05, 4.69) is 13.8 Å². The summed E-state index contributed by atoms with van der Waals surface area (Å²) in [5.41, 5.74) is 6.11. The van der Waals surface area contributed by atoms with E-state index in [1.165, 1.54) is 38.5 Å². The van der Waals surface area contributed by atoms with Crippen LogP contribution in [0.15, 0.2) is 0 Å². The number of hydrogen-bond acceptors (Lipinski definition) is 1. The molecule has 1 nitrogen and oxygen atoms in total. The molecule has 0 aromatic carbocycles. The van der Waals surface area contributed by atoms with Gasteiger partial charge in [0.15, 0.2) is 0 Å². The Kier molecular flexibility index (Phi) is 4.07. The van der Waals surface area contributed by atoms with Gasteiger partial charge in [-0.3, -0.25) is 0 Å². The van der Waals surface area contributed by atoms with Crippen molar-refractivity contribution in [1.29, 1.82) is 0 Å². The topological polar surface area (TPSA) is 26.0 Å². The first-order valence-electron chi connectivity index (χ1n) is 5.53. The molecule has 2 N–H and O–H groups in total. The van der Waals surface area contributed by atoms with E-state index in [-0.39, 0.29) is 0 Å². The molecule has 0 aliphatic heterocycles. The minimum atomic E-state index is 0.492. The van der Waals surface area contributed by atoms with E-state index in [1.807, 2.05) is 0 Å². The maximum Gasteiger partial charge on any atom is 0.00671 e. The molecule has 1 aliphatic carbocycles. The second-order valence-corrected chi connectivity index (χ2v) is 4.30. The van der Waals surface area contributed by atoms with Crippen LogP contribution in [0.5, 0.6) is 0 Å². The molecule has 1 aliphatic rings. The lowest BCUT2D eigenvalue weighted by Crippen LogP contribution is -2.28. The summed E-state index contributed by atoms with van der Waals surface area (Å²) in [5.74, 6) is 1.83. The van der Waals surface area contributed by atoms with Crippen molar-refractivity contribution in [3.8, 4) is 0 Å². The van der Waals surface area contributed by atoms with Crippen LogP contribution in [0.3, 0.4) is 0 Å². The summed E-state index contributed by atoms with van der Waals surface area (Å²) in [7, 11) is 0. The third-order valence-electron chi connectivity index (χ3n) is 3.39. The van der Waals surface area contributed by atoms with Gasteiger partial charge in [-0.05, 0) is 31.1 Å². The molecule has 12 heavy (non-hydrogen) atoms. The summed E-state index contributed by atoms with van der Waals surface area (Å²) in [4.78, 5) is 0. The molecule has 0 radical (unpaired) electrons. The number of hydrogen-bond donors (Lipinski definition) is 1. The largest absolute Gasteiger partial charge is 0.327 e. The Morgan fingerprint density at radius 1 is 1.33 bits per heavy atom. The molecule has 0 saturated heterocycles. The van der Waals surface area contributed by atoms with E-state index in [1.54, 1.807) is 0 Å². The molecule has 1 fully saturated rings. The van der Waals surface area contributed by atoms with Crippen LogP contribution in [0.25, 0.3) is 0 Å². The van der Waals surface area contributed by atoms with Crippen molar-refractivity contribution in [3.63, 3.8) is 0 Å². The van der Waals surface area contributed by atoms with Crippen molar-refractivity contribution in [2.45, 2.75) is 58.4 Å². The molecule has 1 rings (SSSR count). The van der Waals surface area contributed by atoms with Crippen LogP contribution >= 0.6 is 0 Å². The first-order chi connectivity index (χ1) is 5.77. The Morgan fingerprint density at radius 2 is 2.08 bits per heavy atom. The van der Waals surface area contributed by atoms with Gasteiger partial charge in [-0.25, -0.2) is 0 Å². The third-order valence-corrected chi connectivity index (χ3v) is 3.39. The van der Waals surface area contributed by atoms with Crippen LogP contribution in [0.1, 0.15) is 52.4 Å². The smallest absolute Gasteiger partial charge is 0.00671 e. The minimum Gasteiger partial charge on any atom is -0.327 e. The fraction of sp³-hybridized carbons (Fsp3) is 1.00. The van der Waals surface area contributed by atoms with Crippen molar-refractivity contribution >= 4 is 0 Å². The quantitative estimate of drug-likeness (QED) is 0.688. The van der Waals surface area contributed by atoms with Gasteiger partial charge < -0.3 is 5.73 Å². The van der Waals surface area contributed by atoms with Crippen molar-refractivity contribution in [2.75, 3.05) is 0 Å². The lowest BCUT2D eigenvalue weighted by molar-refractivity contribution is 0.387. The predicted octanol–water partition coefficient (Wildman–Crippen LogP) is 2.94. The third kappa shape index (κ3) is 2.48. The van der Waals surface area contributed by atoms with Gasteiger partial charge in [0.25, 0.3) is 0 Å². The van der Waals surface area contributed by atoms with E-state index in [9.17, 15) is 0 Å². The Bertz CT molecular complexity index is 122. The molecule has 0 aromatic heterocycles. The maximum absolute atomic E-state index is 6.11. The highest BCUT2D eigenvalue weighted by molar-refractivity contribution is 4.81. The Hall–Kier alpha value is -0.0400. The van der Waals surface area contributed by atoms with Gasteiger partial charge in [0.2, 0.25) is 0 Å². The normalized spacial score (nSPS) is 32.2. The summed E-state index contributed by atoms with van der Waals surface area (Å²) in [6.45, 7) is 4.53. The fourth-order valence-corrected chi connectivity index (χ4v) is 2.44.